The van der Waals surface area contributed by atoms with Crippen molar-refractivity contribution in [3.63, 3.8) is 0 Å². The summed E-state index contributed by atoms with van der Waals surface area (Å²) in [5, 5.41) is 2.89. The molecule has 7 nitrogen and oxygen atoms in total. The number of nitrogens with one attached hydrogen (secondary N) is 1. The van der Waals surface area contributed by atoms with Crippen molar-refractivity contribution in [2.75, 3.05) is 23.7 Å². The zero-order valence-electron chi connectivity index (χ0n) is 22.3. The van der Waals surface area contributed by atoms with Crippen LogP contribution in [0.4, 0.5) is 5.69 Å². The highest BCUT2D eigenvalue weighted by Crippen LogP contribution is 2.20. The Hall–Kier alpha value is -3.65. The number of rotatable bonds is 13. The number of benzene rings is 3. The molecule has 0 saturated carbocycles. The number of likely N-dealkylation sites (N-methyl/N-ethyl adjacent to an activating group) is 1. The predicted octanol–water partition coefficient (Wildman–Crippen LogP) is 4.32. The van der Waals surface area contributed by atoms with E-state index in [-0.39, 0.29) is 31.3 Å². The van der Waals surface area contributed by atoms with Gasteiger partial charge in [0, 0.05) is 32.5 Å². The summed E-state index contributed by atoms with van der Waals surface area (Å²) in [7, 11) is -3.52. The van der Waals surface area contributed by atoms with E-state index in [4.69, 9.17) is 0 Å². The van der Waals surface area contributed by atoms with E-state index in [1.165, 1.54) is 4.31 Å². The number of para-hydroxylation sites is 1. The molecule has 0 fully saturated rings. The van der Waals surface area contributed by atoms with E-state index in [0.29, 0.717) is 25.1 Å². The monoisotopic (exact) mass is 535 g/mol. The maximum Gasteiger partial charge on any atom is 0.243 e. The summed E-state index contributed by atoms with van der Waals surface area (Å²) in [6, 6.07) is 25.7. The Balaban J connectivity index is 1.84. The summed E-state index contributed by atoms with van der Waals surface area (Å²) < 4.78 is 26.2. The lowest BCUT2D eigenvalue weighted by Gasteiger charge is -2.32. The van der Waals surface area contributed by atoms with E-state index in [9.17, 15) is 18.0 Å². The molecular formula is C30H37N3O4S. The lowest BCUT2D eigenvalue weighted by molar-refractivity contribution is -0.141. The first kappa shape index (κ1) is 28.9. The molecule has 2 amide bonds. The molecule has 38 heavy (non-hydrogen) atoms. The van der Waals surface area contributed by atoms with Crippen molar-refractivity contribution in [2.45, 2.75) is 45.7 Å². The average molecular weight is 536 g/mol. The van der Waals surface area contributed by atoms with Crippen LogP contribution in [0.5, 0.6) is 0 Å². The highest BCUT2D eigenvalue weighted by atomic mass is 32.2. The first-order valence-electron chi connectivity index (χ1n) is 12.9. The fourth-order valence-corrected chi connectivity index (χ4v) is 5.30. The number of nitrogens with zero attached hydrogens (tertiary/aromatic N) is 2. The Morgan fingerprint density at radius 3 is 2.05 bits per heavy atom. The van der Waals surface area contributed by atoms with E-state index in [0.717, 1.165) is 22.9 Å². The number of aryl methyl sites for hydroxylation is 1. The first-order chi connectivity index (χ1) is 18.2. The third-order valence-corrected chi connectivity index (χ3v) is 7.49. The largest absolute Gasteiger partial charge is 0.355 e. The van der Waals surface area contributed by atoms with Crippen LogP contribution in [0.15, 0.2) is 84.9 Å². The molecule has 1 N–H and O–H groups in total. The highest BCUT2D eigenvalue weighted by Gasteiger charge is 2.30. The Bertz CT molecular complexity index is 1280. The molecule has 3 rings (SSSR count). The van der Waals surface area contributed by atoms with Crippen molar-refractivity contribution in [3.8, 4) is 0 Å². The summed E-state index contributed by atoms with van der Waals surface area (Å²) in [4.78, 5) is 28.6. The summed E-state index contributed by atoms with van der Waals surface area (Å²) >= 11 is 0. The molecule has 0 heterocycles. The minimum atomic E-state index is -3.52. The van der Waals surface area contributed by atoms with Crippen LogP contribution in [-0.2, 0) is 32.6 Å². The molecule has 0 aliphatic heterocycles. The van der Waals surface area contributed by atoms with Crippen molar-refractivity contribution in [3.05, 3.63) is 102 Å². The van der Waals surface area contributed by atoms with Crippen LogP contribution in [0, 0.1) is 6.92 Å². The van der Waals surface area contributed by atoms with Crippen molar-refractivity contribution < 1.29 is 18.0 Å². The molecule has 8 heteroatoms. The summed E-state index contributed by atoms with van der Waals surface area (Å²) in [5.74, 6) is -0.405. The van der Waals surface area contributed by atoms with E-state index < -0.39 is 16.1 Å². The molecule has 0 saturated heterocycles. The van der Waals surface area contributed by atoms with Gasteiger partial charge in [0.05, 0.1) is 11.9 Å². The van der Waals surface area contributed by atoms with E-state index >= 15 is 0 Å². The maximum absolute atomic E-state index is 13.7. The minimum Gasteiger partial charge on any atom is -0.355 e. The van der Waals surface area contributed by atoms with Gasteiger partial charge in [0.15, 0.2) is 0 Å². The standard InChI is InChI=1S/C30H37N3O4S/c1-4-31-30(35)28(22-25-12-7-5-8-13-25)32(23-26-19-17-24(2)18-20-26)29(34)16-11-21-33(38(3,36)37)27-14-9-6-10-15-27/h5-10,12-15,17-20,28H,4,11,16,21-23H2,1-3H3,(H,31,35)/t28-/m0/s1. The second kappa shape index (κ2) is 13.8. The summed E-state index contributed by atoms with van der Waals surface area (Å²) in [6.07, 6.45) is 1.97. The van der Waals surface area contributed by atoms with Gasteiger partial charge in [-0.25, -0.2) is 8.42 Å². The minimum absolute atomic E-state index is 0.107. The Kier molecular flexibility index (Phi) is 10.5. The fourth-order valence-electron chi connectivity index (χ4n) is 4.33. The smallest absolute Gasteiger partial charge is 0.243 e. The number of hydrogen-bond acceptors (Lipinski definition) is 4. The zero-order chi connectivity index (χ0) is 27.5. The second-order valence-corrected chi connectivity index (χ2v) is 11.3. The normalized spacial score (nSPS) is 12.0. The van der Waals surface area contributed by atoms with Gasteiger partial charge in [-0.3, -0.25) is 13.9 Å². The van der Waals surface area contributed by atoms with E-state index in [1.807, 2.05) is 74.5 Å². The summed E-state index contributed by atoms with van der Waals surface area (Å²) in [6.45, 7) is 4.75. The molecule has 0 radical (unpaired) electrons. The molecular weight excluding hydrogens is 498 g/mol. The van der Waals surface area contributed by atoms with E-state index in [1.54, 1.807) is 29.2 Å². The van der Waals surface area contributed by atoms with Gasteiger partial charge in [-0.1, -0.05) is 78.4 Å². The van der Waals surface area contributed by atoms with Crippen molar-refractivity contribution in [2.24, 2.45) is 0 Å². The quantitative estimate of drug-likeness (QED) is 0.353. The maximum atomic E-state index is 13.7. The van der Waals surface area contributed by atoms with Crippen LogP contribution >= 0.6 is 0 Å². The molecule has 202 valence electrons. The van der Waals surface area contributed by atoms with Gasteiger partial charge in [0.25, 0.3) is 0 Å². The van der Waals surface area contributed by atoms with Gasteiger partial charge in [0.2, 0.25) is 21.8 Å². The van der Waals surface area contributed by atoms with Gasteiger partial charge in [0.1, 0.15) is 6.04 Å². The predicted molar refractivity (Wildman–Crippen MR) is 152 cm³/mol. The van der Waals surface area contributed by atoms with Crippen LogP contribution in [0.25, 0.3) is 0 Å². The average Bonchev–Trinajstić information content (AvgIpc) is 2.90. The van der Waals surface area contributed by atoms with Crippen LogP contribution in [0.2, 0.25) is 0 Å². The topological polar surface area (TPSA) is 86.8 Å². The molecule has 3 aromatic rings. The Labute approximate surface area is 226 Å². The van der Waals surface area contributed by atoms with Crippen LogP contribution < -0.4 is 9.62 Å². The van der Waals surface area contributed by atoms with Crippen molar-refractivity contribution in [1.82, 2.24) is 10.2 Å². The number of amides is 2. The van der Waals surface area contributed by atoms with Gasteiger partial charge >= 0.3 is 0 Å². The fraction of sp³-hybridized carbons (Fsp3) is 0.333. The Morgan fingerprint density at radius 2 is 1.47 bits per heavy atom. The molecule has 0 aromatic heterocycles. The molecule has 0 spiro atoms. The lowest BCUT2D eigenvalue weighted by atomic mass is 10.0. The number of hydrogen-bond donors (Lipinski definition) is 1. The molecule has 1 atom stereocenters. The van der Waals surface area contributed by atoms with Crippen LogP contribution in [0.3, 0.4) is 0 Å². The Morgan fingerprint density at radius 1 is 0.868 bits per heavy atom. The molecule has 0 bridgehead atoms. The SMILES string of the molecule is CCNC(=O)[C@H](Cc1ccccc1)N(Cc1ccc(C)cc1)C(=O)CCCN(c1ccccc1)S(C)(=O)=O. The van der Waals surface area contributed by atoms with Gasteiger partial charge < -0.3 is 10.2 Å². The molecule has 0 unspecified atom stereocenters. The molecule has 3 aromatic carbocycles. The zero-order valence-corrected chi connectivity index (χ0v) is 23.2. The molecule has 0 aliphatic carbocycles. The second-order valence-electron chi connectivity index (χ2n) is 9.38. The number of carbonyl (C=O) groups excluding carboxylic acids is 2. The highest BCUT2D eigenvalue weighted by molar-refractivity contribution is 7.92. The van der Waals surface area contributed by atoms with Crippen LogP contribution in [-0.4, -0.2) is 50.5 Å². The van der Waals surface area contributed by atoms with Crippen molar-refractivity contribution >= 4 is 27.5 Å². The van der Waals surface area contributed by atoms with Gasteiger partial charge in [-0.2, -0.15) is 0 Å². The first-order valence-corrected chi connectivity index (χ1v) is 14.7. The molecule has 0 aliphatic rings. The van der Waals surface area contributed by atoms with Crippen molar-refractivity contribution in [1.29, 1.82) is 0 Å². The van der Waals surface area contributed by atoms with Gasteiger partial charge in [-0.15, -0.1) is 0 Å². The number of sulfonamides is 1. The summed E-state index contributed by atoms with van der Waals surface area (Å²) in [5.41, 5.74) is 3.55. The number of anilines is 1. The van der Waals surface area contributed by atoms with Crippen LogP contribution in [0.1, 0.15) is 36.5 Å². The lowest BCUT2D eigenvalue weighted by Crippen LogP contribution is -2.50. The van der Waals surface area contributed by atoms with E-state index in [2.05, 4.69) is 5.32 Å². The van der Waals surface area contributed by atoms with Gasteiger partial charge in [-0.05, 0) is 43.5 Å². The number of carbonyl (C=O) groups is 2. The third kappa shape index (κ3) is 8.45. The third-order valence-electron chi connectivity index (χ3n) is 6.29.